The minimum absolute atomic E-state index is 0.148. The molecule has 2 N–H and O–H groups in total. The number of benzene rings is 1. The number of nitrogens with zero attached hydrogens (tertiary/aromatic N) is 1. The molecule has 0 heterocycles. The number of hydrogen-bond acceptors (Lipinski definition) is 2. The van der Waals surface area contributed by atoms with Crippen LogP contribution in [0, 0.1) is 10.1 Å². The van der Waals surface area contributed by atoms with Gasteiger partial charge in [0.1, 0.15) is 6.54 Å². The summed E-state index contributed by atoms with van der Waals surface area (Å²) >= 11 is 0. The molecule has 4 heteroatoms. The lowest BCUT2D eigenvalue weighted by atomic mass is 10.1. The maximum absolute atomic E-state index is 10.4. The summed E-state index contributed by atoms with van der Waals surface area (Å²) in [6.07, 6.45) is 0. The van der Waals surface area contributed by atoms with E-state index in [1.54, 1.807) is 24.3 Å². The van der Waals surface area contributed by atoms with Crippen LogP contribution in [0.15, 0.2) is 24.3 Å². The summed E-state index contributed by atoms with van der Waals surface area (Å²) in [5.41, 5.74) is 1.44. The Bertz CT molecular complexity index is 339. The molecule has 0 aliphatic rings. The van der Waals surface area contributed by atoms with E-state index in [2.05, 4.69) is 26.1 Å². The third-order valence-electron chi connectivity index (χ3n) is 2.10. The smallest absolute Gasteiger partial charge is 0.269 e. The minimum Gasteiger partial charge on any atom is -0.338 e. The molecular weight excluding hydrogens is 192 g/mol. The fourth-order valence-corrected chi connectivity index (χ4v) is 1.18. The van der Waals surface area contributed by atoms with E-state index >= 15 is 0 Å². The summed E-state index contributed by atoms with van der Waals surface area (Å²) in [7, 11) is 0. The van der Waals surface area contributed by atoms with Gasteiger partial charge in [-0.15, -0.1) is 0 Å². The Morgan fingerprint density at radius 2 is 1.80 bits per heavy atom. The molecule has 0 fully saturated rings. The monoisotopic (exact) mass is 209 g/mol. The molecule has 1 rings (SSSR count). The number of hydrogen-bond donors (Lipinski definition) is 1. The zero-order chi connectivity index (χ0) is 11.5. The zero-order valence-electron chi connectivity index (χ0n) is 9.36. The predicted octanol–water partition coefficient (Wildman–Crippen LogP) is 1.46. The third kappa shape index (κ3) is 4.08. The third-order valence-corrected chi connectivity index (χ3v) is 2.10. The highest BCUT2D eigenvalue weighted by Gasteiger charge is 2.13. The van der Waals surface area contributed by atoms with Crippen molar-refractivity contribution in [1.29, 1.82) is 0 Å². The van der Waals surface area contributed by atoms with E-state index in [-0.39, 0.29) is 16.1 Å². The molecule has 0 amide bonds. The van der Waals surface area contributed by atoms with Crippen LogP contribution < -0.4 is 5.32 Å². The summed E-state index contributed by atoms with van der Waals surface area (Å²) in [5, 5.41) is 12.6. The quantitative estimate of drug-likeness (QED) is 0.605. The second-order valence-corrected chi connectivity index (χ2v) is 4.70. The number of rotatable bonds is 3. The van der Waals surface area contributed by atoms with Crippen LogP contribution >= 0.6 is 0 Å². The zero-order valence-corrected chi connectivity index (χ0v) is 9.36. The number of nitro benzene ring substituents is 1. The van der Waals surface area contributed by atoms with Gasteiger partial charge in [-0.2, -0.15) is 0 Å². The highest BCUT2D eigenvalue weighted by molar-refractivity contribution is 5.32. The van der Waals surface area contributed by atoms with Gasteiger partial charge in [0, 0.05) is 17.7 Å². The second-order valence-electron chi connectivity index (χ2n) is 4.70. The van der Waals surface area contributed by atoms with Gasteiger partial charge in [0.2, 0.25) is 0 Å². The summed E-state index contributed by atoms with van der Waals surface area (Å²) < 4.78 is 0. The van der Waals surface area contributed by atoms with Crippen LogP contribution in [0.25, 0.3) is 0 Å². The molecule has 0 aliphatic heterocycles. The molecule has 1 aromatic rings. The van der Waals surface area contributed by atoms with Gasteiger partial charge < -0.3 is 5.32 Å². The van der Waals surface area contributed by atoms with Crippen molar-refractivity contribution in [3.8, 4) is 0 Å². The summed E-state index contributed by atoms with van der Waals surface area (Å²) in [4.78, 5) is 10.0. The molecule has 0 radical (unpaired) electrons. The van der Waals surface area contributed by atoms with Crippen molar-refractivity contribution in [2.24, 2.45) is 0 Å². The SMILES string of the molecule is CC(C)(C)[NH2+]Cc1ccc([N+](=O)[O-])cc1. The van der Waals surface area contributed by atoms with Gasteiger partial charge >= 0.3 is 0 Å². The maximum atomic E-state index is 10.4. The van der Waals surface area contributed by atoms with Crippen molar-refractivity contribution >= 4 is 5.69 Å². The predicted molar refractivity (Wildman–Crippen MR) is 58.5 cm³/mol. The van der Waals surface area contributed by atoms with E-state index in [0.29, 0.717) is 0 Å². The van der Waals surface area contributed by atoms with Crippen molar-refractivity contribution in [2.45, 2.75) is 32.9 Å². The highest BCUT2D eigenvalue weighted by atomic mass is 16.6. The van der Waals surface area contributed by atoms with Crippen molar-refractivity contribution in [3.05, 3.63) is 39.9 Å². The Morgan fingerprint density at radius 1 is 1.27 bits per heavy atom. The van der Waals surface area contributed by atoms with Gasteiger partial charge in [0.05, 0.1) is 10.5 Å². The van der Waals surface area contributed by atoms with Crippen LogP contribution in [0.2, 0.25) is 0 Å². The van der Waals surface area contributed by atoms with Gasteiger partial charge in [-0.3, -0.25) is 10.1 Å². The first-order valence-corrected chi connectivity index (χ1v) is 4.96. The van der Waals surface area contributed by atoms with Crippen LogP contribution in [0.1, 0.15) is 26.3 Å². The second kappa shape index (κ2) is 4.40. The van der Waals surface area contributed by atoms with E-state index in [0.717, 1.165) is 12.1 Å². The van der Waals surface area contributed by atoms with Gasteiger partial charge in [-0.25, -0.2) is 0 Å². The Labute approximate surface area is 89.5 Å². The van der Waals surface area contributed by atoms with E-state index < -0.39 is 0 Å². The highest BCUT2D eigenvalue weighted by Crippen LogP contribution is 2.11. The average molecular weight is 209 g/mol. The topological polar surface area (TPSA) is 59.8 Å². The lowest BCUT2D eigenvalue weighted by Crippen LogP contribution is -2.92. The van der Waals surface area contributed by atoms with Crippen LogP contribution in [0.5, 0.6) is 0 Å². The number of nitrogens with two attached hydrogens (primary N) is 1. The molecular formula is C11H17N2O2+. The minimum atomic E-state index is -0.378. The van der Waals surface area contributed by atoms with Crippen LogP contribution in [0.3, 0.4) is 0 Å². The molecule has 0 aromatic heterocycles. The van der Waals surface area contributed by atoms with Gasteiger partial charge in [-0.05, 0) is 32.9 Å². The molecule has 15 heavy (non-hydrogen) atoms. The molecule has 0 aliphatic carbocycles. The van der Waals surface area contributed by atoms with E-state index in [4.69, 9.17) is 0 Å². The Balaban J connectivity index is 2.61. The molecule has 0 saturated carbocycles. The number of quaternary nitrogens is 1. The van der Waals surface area contributed by atoms with Crippen LogP contribution in [-0.2, 0) is 6.54 Å². The standard InChI is InChI=1S/C11H16N2O2/c1-11(2,3)12-8-9-4-6-10(7-5-9)13(14)15/h4-7,12H,8H2,1-3H3/p+1. The first-order valence-electron chi connectivity index (χ1n) is 4.96. The fraction of sp³-hybridized carbons (Fsp3) is 0.455. The van der Waals surface area contributed by atoms with Crippen molar-refractivity contribution in [2.75, 3.05) is 0 Å². The molecule has 0 spiro atoms. The summed E-state index contributed by atoms with van der Waals surface area (Å²) in [6, 6.07) is 6.71. The lowest BCUT2D eigenvalue weighted by molar-refractivity contribution is -0.731. The first kappa shape index (κ1) is 11.7. The van der Waals surface area contributed by atoms with Crippen LogP contribution in [0.4, 0.5) is 5.69 Å². The molecule has 0 unspecified atom stereocenters. The number of nitro groups is 1. The summed E-state index contributed by atoms with van der Waals surface area (Å²) in [5.74, 6) is 0. The molecule has 0 saturated heterocycles. The van der Waals surface area contributed by atoms with E-state index in [9.17, 15) is 10.1 Å². The van der Waals surface area contributed by atoms with Gasteiger partial charge in [-0.1, -0.05) is 0 Å². The molecule has 0 bridgehead atoms. The molecule has 82 valence electrons. The van der Waals surface area contributed by atoms with Crippen molar-refractivity contribution in [3.63, 3.8) is 0 Å². The number of non-ortho nitro benzene ring substituents is 1. The lowest BCUT2D eigenvalue weighted by Gasteiger charge is -2.16. The molecule has 1 aromatic carbocycles. The van der Waals surface area contributed by atoms with Crippen molar-refractivity contribution in [1.82, 2.24) is 0 Å². The first-order chi connectivity index (χ1) is 6.88. The van der Waals surface area contributed by atoms with E-state index in [1.165, 1.54) is 0 Å². The van der Waals surface area contributed by atoms with E-state index in [1.807, 2.05) is 0 Å². The Kier molecular flexibility index (Phi) is 3.42. The normalized spacial score (nSPS) is 11.4. The van der Waals surface area contributed by atoms with Gasteiger partial charge in [0.15, 0.2) is 0 Å². The summed E-state index contributed by atoms with van der Waals surface area (Å²) in [6.45, 7) is 7.26. The Hall–Kier alpha value is -1.42. The Morgan fingerprint density at radius 3 is 2.20 bits per heavy atom. The fourth-order valence-electron chi connectivity index (χ4n) is 1.18. The largest absolute Gasteiger partial charge is 0.338 e. The molecule has 4 nitrogen and oxygen atoms in total. The average Bonchev–Trinajstić information content (AvgIpc) is 2.14. The van der Waals surface area contributed by atoms with Crippen molar-refractivity contribution < 1.29 is 10.2 Å². The maximum Gasteiger partial charge on any atom is 0.269 e. The van der Waals surface area contributed by atoms with Crippen LogP contribution in [-0.4, -0.2) is 10.5 Å². The van der Waals surface area contributed by atoms with Gasteiger partial charge in [0.25, 0.3) is 5.69 Å². The molecule has 0 atom stereocenters.